The molecule has 4 heteroatoms. The zero-order valence-electron chi connectivity index (χ0n) is 10.1. The van der Waals surface area contributed by atoms with Crippen molar-refractivity contribution in [1.29, 1.82) is 0 Å². The molecule has 0 aliphatic carbocycles. The highest BCUT2D eigenvalue weighted by Gasteiger charge is 2.36. The van der Waals surface area contributed by atoms with Gasteiger partial charge in [0.15, 0.2) is 0 Å². The molecule has 0 spiro atoms. The van der Waals surface area contributed by atoms with E-state index in [9.17, 15) is 9.59 Å². The molecule has 0 aromatic rings. The molecular formula is C12H21NO3. The third kappa shape index (κ3) is 2.97. The molecule has 0 radical (unpaired) electrons. The minimum Gasteiger partial charge on any atom is -0.480 e. The van der Waals surface area contributed by atoms with Crippen LogP contribution >= 0.6 is 0 Å². The molecule has 4 nitrogen and oxygen atoms in total. The molecule has 0 saturated carbocycles. The van der Waals surface area contributed by atoms with Crippen molar-refractivity contribution < 1.29 is 14.7 Å². The summed E-state index contributed by atoms with van der Waals surface area (Å²) < 4.78 is 0. The third-order valence-corrected chi connectivity index (χ3v) is 3.16. The number of aliphatic carboxylic acids is 1. The maximum atomic E-state index is 11.7. The minimum absolute atomic E-state index is 0.0132. The second-order valence-corrected chi connectivity index (χ2v) is 4.55. The summed E-state index contributed by atoms with van der Waals surface area (Å²) >= 11 is 0. The van der Waals surface area contributed by atoms with Crippen LogP contribution in [0.5, 0.6) is 0 Å². The van der Waals surface area contributed by atoms with Gasteiger partial charge >= 0.3 is 5.97 Å². The number of carboxylic acid groups (broad SMARTS) is 1. The van der Waals surface area contributed by atoms with Gasteiger partial charge in [0.05, 0.1) is 0 Å². The Kier molecular flexibility index (Phi) is 4.77. The number of rotatable bonds is 6. The van der Waals surface area contributed by atoms with Gasteiger partial charge in [-0.25, -0.2) is 4.79 Å². The van der Waals surface area contributed by atoms with Crippen molar-refractivity contribution in [3.63, 3.8) is 0 Å². The summed E-state index contributed by atoms with van der Waals surface area (Å²) in [4.78, 5) is 24.4. The normalized spacial score (nSPS) is 22.5. The smallest absolute Gasteiger partial charge is 0.326 e. The molecule has 16 heavy (non-hydrogen) atoms. The van der Waals surface area contributed by atoms with Crippen LogP contribution in [0.3, 0.4) is 0 Å². The van der Waals surface area contributed by atoms with E-state index in [1.165, 1.54) is 0 Å². The van der Waals surface area contributed by atoms with Gasteiger partial charge in [0.2, 0.25) is 5.91 Å². The van der Waals surface area contributed by atoms with Gasteiger partial charge in [-0.15, -0.1) is 0 Å². The Morgan fingerprint density at radius 2 is 2.19 bits per heavy atom. The molecule has 2 unspecified atom stereocenters. The van der Waals surface area contributed by atoms with Crippen LogP contribution < -0.4 is 0 Å². The first-order valence-corrected chi connectivity index (χ1v) is 6.12. The van der Waals surface area contributed by atoms with E-state index in [0.29, 0.717) is 25.3 Å². The molecule has 1 rings (SSSR count). The summed E-state index contributed by atoms with van der Waals surface area (Å²) in [6, 6.07) is -0.612. The number of hydrogen-bond donors (Lipinski definition) is 1. The molecule has 1 aliphatic rings. The van der Waals surface area contributed by atoms with E-state index >= 15 is 0 Å². The second kappa shape index (κ2) is 5.87. The molecule has 1 amide bonds. The lowest BCUT2D eigenvalue weighted by molar-refractivity contribution is -0.148. The largest absolute Gasteiger partial charge is 0.480 e. The number of hydrogen-bond acceptors (Lipinski definition) is 2. The average molecular weight is 227 g/mol. The Morgan fingerprint density at radius 3 is 2.69 bits per heavy atom. The van der Waals surface area contributed by atoms with E-state index in [1.54, 1.807) is 4.90 Å². The summed E-state index contributed by atoms with van der Waals surface area (Å²) in [5.74, 6) is -0.497. The molecule has 0 aromatic heterocycles. The first-order chi connectivity index (χ1) is 7.60. The number of carbonyl (C=O) groups excluding carboxylic acids is 1. The van der Waals surface area contributed by atoms with E-state index in [1.807, 2.05) is 6.92 Å². The molecule has 1 heterocycles. The van der Waals surface area contributed by atoms with Crippen molar-refractivity contribution in [1.82, 2.24) is 4.90 Å². The maximum absolute atomic E-state index is 11.7. The number of nitrogens with zero attached hydrogens (tertiary/aromatic N) is 1. The van der Waals surface area contributed by atoms with Crippen molar-refractivity contribution >= 4 is 11.9 Å². The van der Waals surface area contributed by atoms with E-state index in [4.69, 9.17) is 5.11 Å². The Balaban J connectivity index is 2.64. The van der Waals surface area contributed by atoms with Crippen LogP contribution in [0.1, 0.15) is 46.0 Å². The van der Waals surface area contributed by atoms with Crippen LogP contribution in [0.25, 0.3) is 0 Å². The highest BCUT2D eigenvalue weighted by atomic mass is 16.4. The molecule has 0 aromatic carbocycles. The SMILES string of the molecule is CCCC1CC(=O)N(C(CCC)C(=O)O)C1. The average Bonchev–Trinajstić information content (AvgIpc) is 2.56. The lowest BCUT2D eigenvalue weighted by Crippen LogP contribution is -2.42. The molecule has 92 valence electrons. The van der Waals surface area contributed by atoms with Crippen LogP contribution in [-0.4, -0.2) is 34.5 Å². The zero-order valence-corrected chi connectivity index (χ0v) is 10.1. The van der Waals surface area contributed by atoms with Gasteiger partial charge in [-0.05, 0) is 18.8 Å². The molecule has 1 saturated heterocycles. The van der Waals surface area contributed by atoms with E-state index < -0.39 is 12.0 Å². The van der Waals surface area contributed by atoms with Crippen LogP contribution in [0.2, 0.25) is 0 Å². The predicted molar refractivity (Wildman–Crippen MR) is 61.1 cm³/mol. The minimum atomic E-state index is -0.868. The molecule has 1 aliphatic heterocycles. The highest BCUT2D eigenvalue weighted by molar-refractivity contribution is 5.85. The number of amides is 1. The Bertz CT molecular complexity index is 265. The maximum Gasteiger partial charge on any atom is 0.326 e. The number of carbonyl (C=O) groups is 2. The predicted octanol–water partition coefficient (Wildman–Crippen LogP) is 1.89. The number of carboxylic acids is 1. The lowest BCUT2D eigenvalue weighted by atomic mass is 10.0. The molecule has 0 bridgehead atoms. The molecule has 2 atom stereocenters. The Hall–Kier alpha value is -1.06. The fraction of sp³-hybridized carbons (Fsp3) is 0.833. The zero-order chi connectivity index (χ0) is 12.1. The summed E-state index contributed by atoms with van der Waals surface area (Å²) in [7, 11) is 0. The molecular weight excluding hydrogens is 206 g/mol. The quantitative estimate of drug-likeness (QED) is 0.753. The molecule has 1 fully saturated rings. The Labute approximate surface area is 96.6 Å². The fourth-order valence-electron chi connectivity index (χ4n) is 2.40. The first kappa shape index (κ1) is 13.0. The van der Waals surface area contributed by atoms with Crippen molar-refractivity contribution in [3.8, 4) is 0 Å². The summed E-state index contributed by atoms with van der Waals surface area (Å²) in [5.41, 5.74) is 0. The lowest BCUT2D eigenvalue weighted by Gasteiger charge is -2.24. The topological polar surface area (TPSA) is 57.6 Å². The van der Waals surface area contributed by atoms with Crippen LogP contribution in [0.15, 0.2) is 0 Å². The van der Waals surface area contributed by atoms with Crippen molar-refractivity contribution in [3.05, 3.63) is 0 Å². The highest BCUT2D eigenvalue weighted by Crippen LogP contribution is 2.25. The van der Waals surface area contributed by atoms with Gasteiger partial charge in [-0.2, -0.15) is 0 Å². The van der Waals surface area contributed by atoms with Crippen molar-refractivity contribution in [2.75, 3.05) is 6.54 Å². The standard InChI is InChI=1S/C12H21NO3/c1-3-5-9-7-11(14)13(8-9)10(6-4-2)12(15)16/h9-10H,3-8H2,1-2H3,(H,15,16). The van der Waals surface area contributed by atoms with E-state index in [0.717, 1.165) is 19.3 Å². The van der Waals surface area contributed by atoms with Gasteiger partial charge < -0.3 is 10.0 Å². The summed E-state index contributed by atoms with van der Waals surface area (Å²) in [5, 5.41) is 9.10. The van der Waals surface area contributed by atoms with Gasteiger partial charge in [0.1, 0.15) is 6.04 Å². The molecule has 1 N–H and O–H groups in total. The van der Waals surface area contributed by atoms with Gasteiger partial charge in [0.25, 0.3) is 0 Å². The van der Waals surface area contributed by atoms with Gasteiger partial charge in [0, 0.05) is 13.0 Å². The summed E-state index contributed by atoms with van der Waals surface area (Å²) in [6.45, 7) is 4.66. The van der Waals surface area contributed by atoms with E-state index in [2.05, 4.69) is 6.92 Å². The van der Waals surface area contributed by atoms with Crippen LogP contribution in [0.4, 0.5) is 0 Å². The van der Waals surface area contributed by atoms with Gasteiger partial charge in [-0.1, -0.05) is 26.7 Å². The second-order valence-electron chi connectivity index (χ2n) is 4.55. The van der Waals surface area contributed by atoms with Crippen molar-refractivity contribution in [2.45, 2.75) is 52.0 Å². The van der Waals surface area contributed by atoms with Crippen molar-refractivity contribution in [2.24, 2.45) is 5.92 Å². The fourth-order valence-corrected chi connectivity index (χ4v) is 2.40. The Morgan fingerprint density at radius 1 is 1.50 bits per heavy atom. The van der Waals surface area contributed by atoms with Crippen LogP contribution in [0, 0.1) is 5.92 Å². The van der Waals surface area contributed by atoms with Crippen LogP contribution in [-0.2, 0) is 9.59 Å². The van der Waals surface area contributed by atoms with E-state index in [-0.39, 0.29) is 5.91 Å². The number of likely N-dealkylation sites (tertiary alicyclic amines) is 1. The third-order valence-electron chi connectivity index (χ3n) is 3.16. The first-order valence-electron chi connectivity index (χ1n) is 6.12. The monoisotopic (exact) mass is 227 g/mol. The van der Waals surface area contributed by atoms with Gasteiger partial charge in [-0.3, -0.25) is 4.79 Å². The summed E-state index contributed by atoms with van der Waals surface area (Å²) in [6.07, 6.45) is 3.94.